The molecule has 0 aliphatic heterocycles. The Balaban J connectivity index is 2.24. The number of methoxy groups -OCH3 is 2. The monoisotopic (exact) mass is 423 g/mol. The highest BCUT2D eigenvalue weighted by Crippen LogP contribution is 2.24. The largest absolute Gasteiger partial charge is 0.494 e. The average molecular weight is 423 g/mol. The molecule has 0 amide bonds. The summed E-state index contributed by atoms with van der Waals surface area (Å²) in [4.78, 5) is 23.3. The van der Waals surface area contributed by atoms with Gasteiger partial charge in [0.25, 0.3) is 0 Å². The first-order valence-electron chi connectivity index (χ1n) is 9.14. The number of sulfonamides is 1. The average Bonchev–Trinajstić information content (AvgIpc) is 2.73. The van der Waals surface area contributed by atoms with Gasteiger partial charge < -0.3 is 14.2 Å². The lowest BCUT2D eigenvalue weighted by atomic mass is 10.1. The molecule has 0 fully saturated rings. The van der Waals surface area contributed by atoms with Crippen LogP contribution in [0.4, 0.5) is 0 Å². The summed E-state index contributed by atoms with van der Waals surface area (Å²) >= 11 is 0. The van der Waals surface area contributed by atoms with Gasteiger partial charge >= 0.3 is 11.9 Å². The van der Waals surface area contributed by atoms with E-state index in [-0.39, 0.29) is 17.7 Å². The zero-order chi connectivity index (χ0) is 21.4. The maximum atomic E-state index is 12.8. The Labute approximate surface area is 170 Å². The van der Waals surface area contributed by atoms with Crippen LogP contribution < -0.4 is 9.46 Å². The third-order valence-corrected chi connectivity index (χ3v) is 5.68. The van der Waals surface area contributed by atoms with E-state index in [1.165, 1.54) is 19.2 Å². The van der Waals surface area contributed by atoms with Gasteiger partial charge in [-0.3, -0.25) is 9.59 Å². The summed E-state index contributed by atoms with van der Waals surface area (Å²) in [7, 11) is -1.65. The van der Waals surface area contributed by atoms with Gasteiger partial charge in [0, 0.05) is 6.42 Å². The Kier molecular flexibility index (Phi) is 7.98. The molecule has 0 radical (unpaired) electrons. The second-order valence-corrected chi connectivity index (χ2v) is 8.05. The number of esters is 2. The highest BCUT2D eigenvalue weighted by molar-refractivity contribution is 7.89. The Morgan fingerprint density at radius 2 is 1.72 bits per heavy atom. The lowest BCUT2D eigenvalue weighted by Crippen LogP contribution is -2.41. The number of hydrogen-bond donors (Lipinski definition) is 1. The zero-order valence-electron chi connectivity index (χ0n) is 16.6. The van der Waals surface area contributed by atoms with E-state index in [1.807, 2.05) is 13.0 Å². The number of nitrogens with one attached hydrogen (secondary N) is 1. The van der Waals surface area contributed by atoms with Gasteiger partial charge in [-0.1, -0.05) is 19.1 Å². The van der Waals surface area contributed by atoms with Gasteiger partial charge in [-0.05, 0) is 47.9 Å². The summed E-state index contributed by atoms with van der Waals surface area (Å²) in [5.41, 5.74) is 0. The van der Waals surface area contributed by atoms with Crippen LogP contribution >= 0.6 is 0 Å². The smallest absolute Gasteiger partial charge is 0.323 e. The minimum Gasteiger partial charge on any atom is -0.494 e. The van der Waals surface area contributed by atoms with Crippen LogP contribution in [-0.2, 0) is 29.1 Å². The molecule has 0 bridgehead atoms. The van der Waals surface area contributed by atoms with Crippen LogP contribution in [0.25, 0.3) is 10.8 Å². The lowest BCUT2D eigenvalue weighted by Gasteiger charge is -2.16. The SMILES string of the molecule is CCCOc1ccc2cc(S(=O)(=O)N[C@H](CCC(=O)OC)C(=O)OC)ccc2c1. The van der Waals surface area contributed by atoms with Crippen LogP contribution in [-0.4, -0.2) is 47.2 Å². The van der Waals surface area contributed by atoms with Crippen molar-refractivity contribution >= 4 is 32.7 Å². The van der Waals surface area contributed by atoms with Crippen molar-refractivity contribution in [3.8, 4) is 5.75 Å². The molecule has 158 valence electrons. The summed E-state index contributed by atoms with van der Waals surface area (Å²) in [5, 5.41) is 1.54. The molecule has 9 heteroatoms. The molecular weight excluding hydrogens is 398 g/mol. The molecular formula is C20H25NO7S. The van der Waals surface area contributed by atoms with Crippen LogP contribution in [0.1, 0.15) is 26.2 Å². The van der Waals surface area contributed by atoms with E-state index in [0.29, 0.717) is 17.7 Å². The van der Waals surface area contributed by atoms with Crippen molar-refractivity contribution in [3.63, 3.8) is 0 Å². The Hall–Kier alpha value is -2.65. The summed E-state index contributed by atoms with van der Waals surface area (Å²) < 4.78 is 42.6. The second kappa shape index (κ2) is 10.2. The van der Waals surface area contributed by atoms with Crippen molar-refractivity contribution in [1.82, 2.24) is 4.72 Å². The molecule has 0 spiro atoms. The predicted molar refractivity (Wildman–Crippen MR) is 107 cm³/mol. The maximum Gasteiger partial charge on any atom is 0.323 e. The molecule has 29 heavy (non-hydrogen) atoms. The van der Waals surface area contributed by atoms with E-state index in [4.69, 9.17) is 4.74 Å². The van der Waals surface area contributed by atoms with Crippen molar-refractivity contribution in [2.45, 2.75) is 37.1 Å². The molecule has 0 aromatic heterocycles. The van der Waals surface area contributed by atoms with Gasteiger partial charge in [-0.2, -0.15) is 4.72 Å². The first kappa shape index (κ1) is 22.6. The molecule has 0 saturated carbocycles. The molecule has 0 aliphatic carbocycles. The molecule has 0 saturated heterocycles. The van der Waals surface area contributed by atoms with E-state index >= 15 is 0 Å². The quantitative estimate of drug-likeness (QED) is 0.585. The summed E-state index contributed by atoms with van der Waals surface area (Å²) in [6.45, 7) is 2.61. The van der Waals surface area contributed by atoms with Crippen LogP contribution in [0.5, 0.6) is 5.75 Å². The van der Waals surface area contributed by atoms with Crippen molar-refractivity contribution in [3.05, 3.63) is 36.4 Å². The van der Waals surface area contributed by atoms with Gasteiger partial charge in [-0.15, -0.1) is 0 Å². The van der Waals surface area contributed by atoms with Gasteiger partial charge in [-0.25, -0.2) is 8.42 Å². The van der Waals surface area contributed by atoms with Gasteiger partial charge in [0.1, 0.15) is 11.8 Å². The standard InChI is InChI=1S/C20H25NO7S/c1-4-11-28-16-7-5-15-13-17(8-6-14(15)12-16)29(24,25)21-18(20(23)27-3)9-10-19(22)26-2/h5-8,12-13,18,21H,4,9-11H2,1-3H3/t18-/m1/s1. The highest BCUT2D eigenvalue weighted by Gasteiger charge is 2.27. The van der Waals surface area contributed by atoms with Crippen molar-refractivity contribution < 1.29 is 32.2 Å². The van der Waals surface area contributed by atoms with Crippen LogP contribution in [0.3, 0.4) is 0 Å². The zero-order valence-corrected chi connectivity index (χ0v) is 17.5. The number of ether oxygens (including phenoxy) is 3. The number of carbonyl (C=O) groups is 2. The third kappa shape index (κ3) is 6.16. The molecule has 8 nitrogen and oxygen atoms in total. The highest BCUT2D eigenvalue weighted by atomic mass is 32.2. The summed E-state index contributed by atoms with van der Waals surface area (Å²) in [6.07, 6.45) is 0.680. The predicted octanol–water partition coefficient (Wildman–Crippen LogP) is 2.40. The fourth-order valence-corrected chi connectivity index (χ4v) is 3.92. The van der Waals surface area contributed by atoms with Gasteiger partial charge in [0.05, 0.1) is 25.7 Å². The molecule has 2 aromatic carbocycles. The Morgan fingerprint density at radius 3 is 2.38 bits per heavy atom. The van der Waals surface area contributed by atoms with E-state index < -0.39 is 28.0 Å². The van der Waals surface area contributed by atoms with Crippen LogP contribution in [0.15, 0.2) is 41.3 Å². The lowest BCUT2D eigenvalue weighted by molar-refractivity contribution is -0.144. The van der Waals surface area contributed by atoms with E-state index in [2.05, 4.69) is 14.2 Å². The van der Waals surface area contributed by atoms with Crippen LogP contribution in [0, 0.1) is 0 Å². The topological polar surface area (TPSA) is 108 Å². The second-order valence-electron chi connectivity index (χ2n) is 6.33. The molecule has 0 aliphatic rings. The van der Waals surface area contributed by atoms with Crippen molar-refractivity contribution in [2.24, 2.45) is 0 Å². The molecule has 2 aromatic rings. The van der Waals surface area contributed by atoms with E-state index in [0.717, 1.165) is 18.9 Å². The van der Waals surface area contributed by atoms with Crippen molar-refractivity contribution in [1.29, 1.82) is 0 Å². The molecule has 1 N–H and O–H groups in total. The molecule has 1 atom stereocenters. The van der Waals surface area contributed by atoms with Gasteiger partial charge in [0.2, 0.25) is 10.0 Å². The number of benzene rings is 2. The van der Waals surface area contributed by atoms with Gasteiger partial charge in [0.15, 0.2) is 0 Å². The fourth-order valence-electron chi connectivity index (χ4n) is 2.67. The third-order valence-electron chi connectivity index (χ3n) is 4.21. The van der Waals surface area contributed by atoms with E-state index in [1.54, 1.807) is 18.2 Å². The number of carbonyl (C=O) groups excluding carboxylic acids is 2. The Morgan fingerprint density at radius 1 is 1.03 bits per heavy atom. The first-order chi connectivity index (χ1) is 13.8. The number of rotatable bonds is 10. The minimum absolute atomic E-state index is 0.000743. The first-order valence-corrected chi connectivity index (χ1v) is 10.6. The number of fused-ring (bicyclic) bond motifs is 1. The summed E-state index contributed by atoms with van der Waals surface area (Å²) in [5.74, 6) is -0.623. The maximum absolute atomic E-state index is 12.8. The number of hydrogen-bond acceptors (Lipinski definition) is 7. The van der Waals surface area contributed by atoms with Crippen LogP contribution in [0.2, 0.25) is 0 Å². The molecule has 2 rings (SSSR count). The Bertz CT molecular complexity index is 972. The molecule has 0 unspecified atom stereocenters. The van der Waals surface area contributed by atoms with Crippen molar-refractivity contribution in [2.75, 3.05) is 20.8 Å². The van der Waals surface area contributed by atoms with E-state index in [9.17, 15) is 18.0 Å². The minimum atomic E-state index is -4.02. The normalized spacial score (nSPS) is 12.4. The molecule has 0 heterocycles. The fraction of sp³-hybridized carbons (Fsp3) is 0.400. The summed E-state index contributed by atoms with van der Waals surface area (Å²) in [6, 6.07) is 8.81.